The van der Waals surface area contributed by atoms with E-state index in [1.165, 1.54) is 25.7 Å². The highest BCUT2D eigenvalue weighted by atomic mass is 127. The number of likely N-dealkylation sites (tertiary alicyclic amines) is 1. The molecule has 0 bridgehead atoms. The Morgan fingerprint density at radius 2 is 1.84 bits per heavy atom. The van der Waals surface area contributed by atoms with E-state index in [1.807, 2.05) is 0 Å². The number of nitrogens with zero attached hydrogens (tertiary/aromatic N) is 2. The van der Waals surface area contributed by atoms with Crippen molar-refractivity contribution in [3.63, 3.8) is 0 Å². The molecular formula is C18H34IN3O2S. The first-order valence-electron chi connectivity index (χ1n) is 9.73. The van der Waals surface area contributed by atoms with Crippen molar-refractivity contribution in [3.8, 4) is 0 Å². The Hall–Kier alpha value is -0.0500. The molecule has 5 nitrogen and oxygen atoms in total. The van der Waals surface area contributed by atoms with Crippen molar-refractivity contribution in [3.05, 3.63) is 0 Å². The molecule has 0 amide bonds. The summed E-state index contributed by atoms with van der Waals surface area (Å²) in [6.45, 7) is 7.26. The second-order valence-electron chi connectivity index (χ2n) is 8.10. The number of halogens is 1. The number of hydrogen-bond acceptors (Lipinski definition) is 3. The first-order chi connectivity index (χ1) is 11.5. The monoisotopic (exact) mass is 483 g/mol. The maximum absolute atomic E-state index is 11.7. The summed E-state index contributed by atoms with van der Waals surface area (Å²) < 4.78 is 23.3. The van der Waals surface area contributed by atoms with Crippen molar-refractivity contribution in [1.82, 2.24) is 10.2 Å². The first kappa shape index (κ1) is 21.3. The normalized spacial score (nSPS) is 32.8. The number of hydrogen-bond donors (Lipinski definition) is 1. The number of aliphatic imine (C=N–C) groups is 1. The van der Waals surface area contributed by atoms with Gasteiger partial charge in [-0.25, -0.2) is 8.42 Å². The molecule has 3 rings (SSSR count). The Morgan fingerprint density at radius 3 is 2.36 bits per heavy atom. The Bertz CT molecular complexity index is 553. The van der Waals surface area contributed by atoms with Crippen molar-refractivity contribution in [2.24, 2.45) is 22.7 Å². The van der Waals surface area contributed by atoms with E-state index in [2.05, 4.69) is 24.1 Å². The highest BCUT2D eigenvalue weighted by molar-refractivity contribution is 14.0. The molecule has 1 N–H and O–H groups in total. The highest BCUT2D eigenvalue weighted by Crippen LogP contribution is 2.36. The number of guanidine groups is 1. The Morgan fingerprint density at radius 1 is 1.20 bits per heavy atom. The van der Waals surface area contributed by atoms with Crippen LogP contribution < -0.4 is 5.32 Å². The number of sulfone groups is 1. The van der Waals surface area contributed by atoms with Gasteiger partial charge in [0.05, 0.1) is 11.5 Å². The number of rotatable bonds is 4. The molecule has 3 aliphatic rings. The van der Waals surface area contributed by atoms with Crippen LogP contribution in [0.2, 0.25) is 0 Å². The fraction of sp³-hybridized carbons (Fsp3) is 0.944. The standard InChI is InChI=1S/C18H33N3O2S.HI/c1-3-14(2)20-18(19-10-15-8-9-24(22,23)13-15)21-11-16-6-4-5-7-17(16)12-21;/h14-17H,3-13H2,1-2H3,(H,19,20);1H. The summed E-state index contributed by atoms with van der Waals surface area (Å²) in [5.74, 6) is 3.54. The Labute approximate surface area is 170 Å². The Balaban J connectivity index is 0.00000225. The van der Waals surface area contributed by atoms with E-state index in [1.54, 1.807) is 0 Å². The van der Waals surface area contributed by atoms with E-state index in [9.17, 15) is 8.42 Å². The molecule has 1 aliphatic carbocycles. The van der Waals surface area contributed by atoms with E-state index < -0.39 is 9.84 Å². The van der Waals surface area contributed by atoms with E-state index in [0.29, 0.717) is 24.1 Å². The third-order valence-corrected chi connectivity index (χ3v) is 7.93. The van der Waals surface area contributed by atoms with Crippen LogP contribution in [0.15, 0.2) is 4.99 Å². The van der Waals surface area contributed by atoms with Crippen molar-refractivity contribution in [2.45, 2.75) is 58.4 Å². The molecule has 25 heavy (non-hydrogen) atoms. The molecular weight excluding hydrogens is 449 g/mol. The van der Waals surface area contributed by atoms with Crippen LogP contribution in [0.5, 0.6) is 0 Å². The van der Waals surface area contributed by atoms with Crippen LogP contribution in [0.4, 0.5) is 0 Å². The molecule has 2 saturated heterocycles. The lowest BCUT2D eigenvalue weighted by Gasteiger charge is -2.25. The maximum atomic E-state index is 11.7. The van der Waals surface area contributed by atoms with Gasteiger partial charge in [-0.1, -0.05) is 19.8 Å². The van der Waals surface area contributed by atoms with Gasteiger partial charge in [-0.05, 0) is 50.4 Å². The van der Waals surface area contributed by atoms with Crippen LogP contribution in [0.1, 0.15) is 52.4 Å². The van der Waals surface area contributed by atoms with Gasteiger partial charge in [-0.15, -0.1) is 24.0 Å². The van der Waals surface area contributed by atoms with Gasteiger partial charge in [0.15, 0.2) is 15.8 Å². The van der Waals surface area contributed by atoms with Crippen LogP contribution in [-0.2, 0) is 9.84 Å². The smallest absolute Gasteiger partial charge is 0.194 e. The van der Waals surface area contributed by atoms with Gasteiger partial charge in [-0.3, -0.25) is 4.99 Å². The zero-order chi connectivity index (χ0) is 17.2. The van der Waals surface area contributed by atoms with Crippen LogP contribution in [0.3, 0.4) is 0 Å². The molecule has 1 saturated carbocycles. The van der Waals surface area contributed by atoms with Crippen LogP contribution in [0, 0.1) is 17.8 Å². The minimum Gasteiger partial charge on any atom is -0.354 e. The summed E-state index contributed by atoms with van der Waals surface area (Å²) in [5, 5.41) is 3.59. The molecule has 0 aromatic heterocycles. The van der Waals surface area contributed by atoms with E-state index >= 15 is 0 Å². The molecule has 0 radical (unpaired) electrons. The lowest BCUT2D eigenvalue weighted by atomic mass is 9.82. The molecule has 0 aromatic carbocycles. The molecule has 2 heterocycles. The van der Waals surface area contributed by atoms with Gasteiger partial charge < -0.3 is 10.2 Å². The van der Waals surface area contributed by atoms with Crippen molar-refractivity contribution in [1.29, 1.82) is 0 Å². The summed E-state index contributed by atoms with van der Waals surface area (Å²) in [6.07, 6.45) is 7.31. The first-order valence-corrected chi connectivity index (χ1v) is 11.6. The van der Waals surface area contributed by atoms with Crippen LogP contribution in [0.25, 0.3) is 0 Å². The molecule has 3 fully saturated rings. The third-order valence-electron chi connectivity index (χ3n) is 6.09. The number of fused-ring (bicyclic) bond motifs is 1. The van der Waals surface area contributed by atoms with Crippen LogP contribution >= 0.6 is 24.0 Å². The van der Waals surface area contributed by atoms with E-state index in [0.717, 1.165) is 43.7 Å². The van der Waals surface area contributed by atoms with E-state index in [4.69, 9.17) is 4.99 Å². The quantitative estimate of drug-likeness (QED) is 0.380. The topological polar surface area (TPSA) is 61.8 Å². The fourth-order valence-corrected chi connectivity index (χ4v) is 6.22. The molecule has 0 spiro atoms. The average molecular weight is 483 g/mol. The summed E-state index contributed by atoms with van der Waals surface area (Å²) in [4.78, 5) is 7.31. The molecule has 2 aliphatic heterocycles. The van der Waals surface area contributed by atoms with Gasteiger partial charge in [0.2, 0.25) is 0 Å². The second kappa shape index (κ2) is 9.24. The molecule has 4 atom stereocenters. The summed E-state index contributed by atoms with van der Waals surface area (Å²) >= 11 is 0. The summed E-state index contributed by atoms with van der Waals surface area (Å²) in [7, 11) is -2.81. The minimum atomic E-state index is -2.81. The predicted octanol–water partition coefficient (Wildman–Crippen LogP) is 2.91. The average Bonchev–Trinajstić information content (AvgIpc) is 3.13. The van der Waals surface area contributed by atoms with E-state index in [-0.39, 0.29) is 29.9 Å². The van der Waals surface area contributed by atoms with Crippen molar-refractivity contribution < 1.29 is 8.42 Å². The third kappa shape index (κ3) is 5.71. The molecule has 4 unspecified atom stereocenters. The minimum absolute atomic E-state index is 0. The lowest BCUT2D eigenvalue weighted by molar-refractivity contribution is 0.299. The molecule has 7 heteroatoms. The van der Waals surface area contributed by atoms with Crippen molar-refractivity contribution in [2.75, 3.05) is 31.1 Å². The molecule has 0 aromatic rings. The SMILES string of the molecule is CCC(C)NC(=NCC1CCS(=O)(=O)C1)N1CC2CCCCC2C1.I. The predicted molar refractivity (Wildman–Crippen MR) is 114 cm³/mol. The fourth-order valence-electron chi connectivity index (χ4n) is 4.37. The second-order valence-corrected chi connectivity index (χ2v) is 10.3. The zero-order valence-electron chi connectivity index (χ0n) is 15.6. The van der Waals surface area contributed by atoms with Gasteiger partial charge >= 0.3 is 0 Å². The van der Waals surface area contributed by atoms with Crippen LogP contribution in [-0.4, -0.2) is 56.5 Å². The van der Waals surface area contributed by atoms with Gasteiger partial charge in [-0.2, -0.15) is 0 Å². The summed E-state index contributed by atoms with van der Waals surface area (Å²) in [6, 6.07) is 0.402. The highest BCUT2D eigenvalue weighted by Gasteiger charge is 2.36. The lowest BCUT2D eigenvalue weighted by Crippen LogP contribution is -2.44. The maximum Gasteiger partial charge on any atom is 0.194 e. The Kier molecular flexibility index (Phi) is 7.85. The largest absolute Gasteiger partial charge is 0.354 e. The molecule has 146 valence electrons. The van der Waals surface area contributed by atoms with Gasteiger partial charge in [0, 0.05) is 25.7 Å². The van der Waals surface area contributed by atoms with Gasteiger partial charge in [0.25, 0.3) is 0 Å². The zero-order valence-corrected chi connectivity index (χ0v) is 18.8. The summed E-state index contributed by atoms with van der Waals surface area (Å²) in [5.41, 5.74) is 0. The van der Waals surface area contributed by atoms with Gasteiger partial charge in [0.1, 0.15) is 0 Å². The van der Waals surface area contributed by atoms with Crippen molar-refractivity contribution >= 4 is 39.8 Å². The number of nitrogens with one attached hydrogen (secondary N) is 1.